The molecule has 3 aliphatic rings. The number of amides is 4. The summed E-state index contributed by atoms with van der Waals surface area (Å²) in [6.45, 7) is 2.81. The molecule has 0 aromatic heterocycles. The van der Waals surface area contributed by atoms with Gasteiger partial charge in [-0.05, 0) is 38.5 Å². The largest absolute Gasteiger partial charge is 0.373 e. The molecule has 4 amide bonds. The fraction of sp³-hybridized carbons (Fsp3) is 0.800. The van der Waals surface area contributed by atoms with Crippen molar-refractivity contribution in [3.05, 3.63) is 0 Å². The Balaban J connectivity index is 1.77. The van der Waals surface area contributed by atoms with Crippen LogP contribution in [-0.4, -0.2) is 41.5 Å². The third-order valence-corrected chi connectivity index (χ3v) is 4.95. The van der Waals surface area contributed by atoms with Gasteiger partial charge in [0.2, 0.25) is 11.8 Å². The van der Waals surface area contributed by atoms with Crippen molar-refractivity contribution in [3.63, 3.8) is 0 Å². The predicted octanol–water partition coefficient (Wildman–Crippen LogP) is 1.44. The topological polar surface area (TPSA) is 75.7 Å². The van der Waals surface area contributed by atoms with E-state index in [0.29, 0.717) is 6.61 Å². The molecular weight excluding hydrogens is 272 g/mol. The number of hydrogen-bond acceptors (Lipinski definition) is 4. The first-order valence-corrected chi connectivity index (χ1v) is 7.80. The van der Waals surface area contributed by atoms with Crippen molar-refractivity contribution in [2.24, 2.45) is 11.8 Å². The SMILES string of the molecule is CC1(CN2C(=O)NC(=O)C(C3CCCC3)C2=O)CCCO1. The van der Waals surface area contributed by atoms with Crippen LogP contribution < -0.4 is 5.32 Å². The third-order valence-electron chi connectivity index (χ3n) is 4.95. The van der Waals surface area contributed by atoms with Crippen molar-refractivity contribution in [2.75, 3.05) is 13.2 Å². The van der Waals surface area contributed by atoms with Crippen molar-refractivity contribution in [3.8, 4) is 0 Å². The molecule has 6 nitrogen and oxygen atoms in total. The van der Waals surface area contributed by atoms with Crippen LogP contribution in [-0.2, 0) is 14.3 Å². The molecule has 6 heteroatoms. The number of barbiturate groups is 1. The van der Waals surface area contributed by atoms with E-state index >= 15 is 0 Å². The highest BCUT2D eigenvalue weighted by Gasteiger charge is 2.47. The van der Waals surface area contributed by atoms with E-state index in [0.717, 1.165) is 38.5 Å². The minimum absolute atomic E-state index is 0.0744. The lowest BCUT2D eigenvalue weighted by atomic mass is 9.87. The Kier molecular flexibility index (Phi) is 3.73. The smallest absolute Gasteiger partial charge is 0.330 e. The number of nitrogens with one attached hydrogen (secondary N) is 1. The van der Waals surface area contributed by atoms with Gasteiger partial charge in [-0.3, -0.25) is 19.8 Å². The Morgan fingerprint density at radius 3 is 2.57 bits per heavy atom. The highest BCUT2D eigenvalue weighted by molar-refractivity contribution is 6.16. The maximum atomic E-state index is 12.7. The molecule has 3 fully saturated rings. The minimum atomic E-state index is -0.699. The molecule has 2 saturated heterocycles. The van der Waals surface area contributed by atoms with Gasteiger partial charge in [-0.1, -0.05) is 12.8 Å². The van der Waals surface area contributed by atoms with Crippen LogP contribution in [0.4, 0.5) is 4.79 Å². The number of imide groups is 2. The van der Waals surface area contributed by atoms with Crippen LogP contribution in [0.25, 0.3) is 0 Å². The number of carbonyl (C=O) groups is 3. The zero-order chi connectivity index (χ0) is 15.0. The molecule has 0 spiro atoms. The van der Waals surface area contributed by atoms with Crippen LogP contribution in [0.1, 0.15) is 45.4 Å². The maximum Gasteiger partial charge on any atom is 0.330 e. The molecule has 2 atom stereocenters. The second kappa shape index (κ2) is 5.40. The number of rotatable bonds is 3. The van der Waals surface area contributed by atoms with Crippen LogP contribution in [0.5, 0.6) is 0 Å². The monoisotopic (exact) mass is 294 g/mol. The Labute approximate surface area is 124 Å². The standard InChI is InChI=1S/C15H22N2O4/c1-15(7-4-8-21-15)9-17-13(19)11(10-5-2-3-6-10)12(18)16-14(17)20/h10-11H,2-9H2,1H3,(H,16,18,20). The van der Waals surface area contributed by atoms with E-state index < -0.39 is 23.5 Å². The summed E-state index contributed by atoms with van der Waals surface area (Å²) in [4.78, 5) is 37.9. The molecule has 0 bridgehead atoms. The van der Waals surface area contributed by atoms with Gasteiger partial charge in [0.1, 0.15) is 5.92 Å². The number of nitrogens with zero attached hydrogens (tertiary/aromatic N) is 1. The lowest BCUT2D eigenvalue weighted by Crippen LogP contribution is -2.62. The van der Waals surface area contributed by atoms with Gasteiger partial charge in [0.15, 0.2) is 0 Å². The molecule has 116 valence electrons. The second-order valence-electron chi connectivity index (χ2n) is 6.64. The Morgan fingerprint density at radius 1 is 1.24 bits per heavy atom. The maximum absolute atomic E-state index is 12.7. The molecule has 2 aliphatic heterocycles. The van der Waals surface area contributed by atoms with Gasteiger partial charge in [-0.15, -0.1) is 0 Å². The highest BCUT2D eigenvalue weighted by atomic mass is 16.5. The van der Waals surface area contributed by atoms with Crippen molar-refractivity contribution in [1.82, 2.24) is 10.2 Å². The lowest BCUT2D eigenvalue weighted by Gasteiger charge is -2.36. The third kappa shape index (κ3) is 2.69. The fourth-order valence-electron chi connectivity index (χ4n) is 3.78. The number of urea groups is 1. The summed E-state index contributed by atoms with van der Waals surface area (Å²) < 4.78 is 5.67. The first-order valence-electron chi connectivity index (χ1n) is 7.80. The molecule has 1 N–H and O–H groups in total. The van der Waals surface area contributed by atoms with E-state index in [-0.39, 0.29) is 18.4 Å². The summed E-state index contributed by atoms with van der Waals surface area (Å²) in [6, 6.07) is -0.601. The number of carbonyl (C=O) groups excluding carboxylic acids is 3. The van der Waals surface area contributed by atoms with E-state index in [1.165, 1.54) is 4.90 Å². The zero-order valence-corrected chi connectivity index (χ0v) is 12.4. The molecule has 1 aliphatic carbocycles. The molecule has 0 aromatic carbocycles. The summed E-state index contributed by atoms with van der Waals surface area (Å²) in [7, 11) is 0. The van der Waals surface area contributed by atoms with Crippen LogP contribution in [0, 0.1) is 11.8 Å². The highest BCUT2D eigenvalue weighted by Crippen LogP contribution is 2.35. The van der Waals surface area contributed by atoms with Gasteiger partial charge in [-0.2, -0.15) is 0 Å². The summed E-state index contributed by atoms with van der Waals surface area (Å²) in [5.74, 6) is -1.39. The van der Waals surface area contributed by atoms with Crippen molar-refractivity contribution < 1.29 is 19.1 Å². The molecule has 3 rings (SSSR count). The van der Waals surface area contributed by atoms with E-state index in [4.69, 9.17) is 4.74 Å². The van der Waals surface area contributed by atoms with E-state index in [2.05, 4.69) is 5.32 Å². The Hall–Kier alpha value is -1.43. The average Bonchev–Trinajstić information content (AvgIpc) is 3.07. The summed E-state index contributed by atoms with van der Waals surface area (Å²) in [6.07, 6.45) is 5.64. The number of hydrogen-bond donors (Lipinski definition) is 1. The van der Waals surface area contributed by atoms with E-state index in [1.807, 2.05) is 6.92 Å². The number of ether oxygens (including phenoxy) is 1. The van der Waals surface area contributed by atoms with Gasteiger partial charge in [0, 0.05) is 6.61 Å². The van der Waals surface area contributed by atoms with Crippen molar-refractivity contribution in [1.29, 1.82) is 0 Å². The first-order chi connectivity index (χ1) is 10.0. The molecule has 21 heavy (non-hydrogen) atoms. The predicted molar refractivity (Wildman–Crippen MR) is 74.3 cm³/mol. The summed E-state index contributed by atoms with van der Waals surface area (Å²) in [5.41, 5.74) is -0.479. The Bertz CT molecular complexity index is 464. The zero-order valence-electron chi connectivity index (χ0n) is 12.4. The van der Waals surface area contributed by atoms with Gasteiger partial charge in [0.25, 0.3) is 0 Å². The normalized spacial score (nSPS) is 34.6. The molecule has 2 unspecified atom stereocenters. The van der Waals surface area contributed by atoms with Crippen molar-refractivity contribution in [2.45, 2.75) is 51.0 Å². The molecule has 1 saturated carbocycles. The molecule has 0 radical (unpaired) electrons. The van der Waals surface area contributed by atoms with Crippen LogP contribution in [0.3, 0.4) is 0 Å². The van der Waals surface area contributed by atoms with E-state index in [1.54, 1.807) is 0 Å². The molecule has 0 aromatic rings. The lowest BCUT2D eigenvalue weighted by molar-refractivity contribution is -0.147. The van der Waals surface area contributed by atoms with Crippen LogP contribution in [0.15, 0.2) is 0 Å². The van der Waals surface area contributed by atoms with E-state index in [9.17, 15) is 14.4 Å². The average molecular weight is 294 g/mol. The first kappa shape index (κ1) is 14.5. The minimum Gasteiger partial charge on any atom is -0.373 e. The van der Waals surface area contributed by atoms with Crippen LogP contribution in [0.2, 0.25) is 0 Å². The van der Waals surface area contributed by atoms with Crippen LogP contribution >= 0.6 is 0 Å². The fourth-order valence-corrected chi connectivity index (χ4v) is 3.78. The van der Waals surface area contributed by atoms with Gasteiger partial charge in [0.05, 0.1) is 12.1 Å². The second-order valence-corrected chi connectivity index (χ2v) is 6.64. The Morgan fingerprint density at radius 2 is 1.95 bits per heavy atom. The van der Waals surface area contributed by atoms with Crippen molar-refractivity contribution >= 4 is 17.8 Å². The quantitative estimate of drug-likeness (QED) is 0.799. The summed E-state index contributed by atoms with van der Waals surface area (Å²) >= 11 is 0. The van der Waals surface area contributed by atoms with Gasteiger partial charge < -0.3 is 4.74 Å². The molecular formula is C15H22N2O4. The molecule has 2 heterocycles. The summed E-state index contributed by atoms with van der Waals surface area (Å²) in [5, 5.41) is 2.35. The van der Waals surface area contributed by atoms with Gasteiger partial charge >= 0.3 is 6.03 Å². The van der Waals surface area contributed by atoms with Gasteiger partial charge in [-0.25, -0.2) is 4.79 Å².